The van der Waals surface area contributed by atoms with Crippen LogP contribution >= 0.6 is 0 Å². The van der Waals surface area contributed by atoms with E-state index in [2.05, 4.69) is 5.32 Å². The van der Waals surface area contributed by atoms with E-state index in [9.17, 15) is 26.3 Å². The Labute approximate surface area is 119 Å². The van der Waals surface area contributed by atoms with E-state index in [-0.39, 0.29) is 25.3 Å². The van der Waals surface area contributed by atoms with Crippen LogP contribution in [0.2, 0.25) is 0 Å². The highest BCUT2D eigenvalue weighted by Gasteiger charge is 2.30. The first kappa shape index (κ1) is 17.8. The van der Waals surface area contributed by atoms with Crippen LogP contribution in [0.5, 0.6) is 0 Å². The second-order valence-electron chi connectivity index (χ2n) is 4.90. The van der Waals surface area contributed by atoms with Crippen molar-refractivity contribution in [1.82, 2.24) is 5.32 Å². The van der Waals surface area contributed by atoms with E-state index in [4.69, 9.17) is 0 Å². The highest BCUT2D eigenvalue weighted by molar-refractivity contribution is 5.26. The highest BCUT2D eigenvalue weighted by atomic mass is 19.4. The zero-order valence-corrected chi connectivity index (χ0v) is 11.5. The molecule has 120 valence electrons. The molecule has 1 aromatic carbocycles. The van der Waals surface area contributed by atoms with Gasteiger partial charge in [-0.3, -0.25) is 0 Å². The van der Waals surface area contributed by atoms with Gasteiger partial charge in [-0.15, -0.1) is 0 Å². The first-order valence-electron chi connectivity index (χ1n) is 6.52. The summed E-state index contributed by atoms with van der Waals surface area (Å²) < 4.78 is 74.0. The Hall–Kier alpha value is -1.24. The van der Waals surface area contributed by atoms with Crippen LogP contribution in [-0.4, -0.2) is 19.3 Å². The summed E-state index contributed by atoms with van der Waals surface area (Å²) in [6, 6.07) is 4.58. The second kappa shape index (κ2) is 7.15. The van der Waals surface area contributed by atoms with E-state index < -0.39 is 24.3 Å². The number of nitrogens with one attached hydrogen (secondary N) is 1. The maximum atomic E-state index is 12.6. The fourth-order valence-electron chi connectivity index (χ4n) is 2.06. The molecule has 0 spiro atoms. The molecule has 0 aromatic heterocycles. The molecule has 0 aliphatic carbocycles. The summed E-state index contributed by atoms with van der Waals surface area (Å²) >= 11 is 0. The van der Waals surface area contributed by atoms with Crippen molar-refractivity contribution in [2.75, 3.05) is 7.05 Å². The fraction of sp³-hybridized carbons (Fsp3) is 0.571. The molecule has 1 aromatic rings. The quantitative estimate of drug-likeness (QED) is 0.759. The first-order valence-corrected chi connectivity index (χ1v) is 6.52. The van der Waals surface area contributed by atoms with Crippen molar-refractivity contribution in [2.45, 2.75) is 44.1 Å². The standard InChI is InChI=1S/C14H17F6N/c1-21-12(6-3-7-13(15,16)17)9-10-4-2-5-11(8-10)14(18,19)20/h2,4-5,8,12,21H,3,6-7,9H2,1H3. The summed E-state index contributed by atoms with van der Waals surface area (Å²) in [6.07, 6.45) is -9.03. The third kappa shape index (κ3) is 6.84. The predicted octanol–water partition coefficient (Wildman–Crippen LogP) is 4.57. The number of alkyl halides is 6. The minimum atomic E-state index is -4.42. The molecule has 0 aliphatic heterocycles. The van der Waals surface area contributed by atoms with Gasteiger partial charge in [-0.2, -0.15) is 26.3 Å². The van der Waals surface area contributed by atoms with Crippen LogP contribution in [0.15, 0.2) is 24.3 Å². The topological polar surface area (TPSA) is 12.0 Å². The zero-order valence-electron chi connectivity index (χ0n) is 11.5. The summed E-state index contributed by atoms with van der Waals surface area (Å²) in [7, 11) is 1.59. The number of hydrogen-bond donors (Lipinski definition) is 1. The monoisotopic (exact) mass is 313 g/mol. The molecule has 0 fully saturated rings. The fourth-order valence-corrected chi connectivity index (χ4v) is 2.06. The van der Waals surface area contributed by atoms with E-state index in [1.807, 2.05) is 0 Å². The predicted molar refractivity (Wildman–Crippen MR) is 67.9 cm³/mol. The maximum absolute atomic E-state index is 12.6. The van der Waals surface area contributed by atoms with Crippen LogP contribution in [0.4, 0.5) is 26.3 Å². The van der Waals surface area contributed by atoms with E-state index >= 15 is 0 Å². The van der Waals surface area contributed by atoms with E-state index in [1.54, 1.807) is 13.1 Å². The van der Waals surface area contributed by atoms with Gasteiger partial charge >= 0.3 is 12.4 Å². The van der Waals surface area contributed by atoms with Crippen LogP contribution < -0.4 is 5.32 Å². The second-order valence-corrected chi connectivity index (χ2v) is 4.90. The van der Waals surface area contributed by atoms with Crippen LogP contribution in [0, 0.1) is 0 Å². The summed E-state index contributed by atoms with van der Waals surface area (Å²) in [4.78, 5) is 0. The molecule has 0 saturated heterocycles. The normalized spacial score (nSPS) is 14.2. The average Bonchev–Trinajstić information content (AvgIpc) is 2.35. The first-order chi connectivity index (χ1) is 9.62. The molecule has 1 nitrogen and oxygen atoms in total. The molecule has 7 heteroatoms. The van der Waals surface area contributed by atoms with Crippen LogP contribution in [0.1, 0.15) is 30.4 Å². The average molecular weight is 313 g/mol. The molecule has 0 radical (unpaired) electrons. The Bertz CT molecular complexity index is 438. The van der Waals surface area contributed by atoms with Gasteiger partial charge in [-0.25, -0.2) is 0 Å². The van der Waals surface area contributed by atoms with Gasteiger partial charge < -0.3 is 5.32 Å². The number of rotatable bonds is 6. The van der Waals surface area contributed by atoms with Crippen LogP contribution in [-0.2, 0) is 12.6 Å². The molecule has 21 heavy (non-hydrogen) atoms. The van der Waals surface area contributed by atoms with Gasteiger partial charge in [-0.05, 0) is 37.9 Å². The van der Waals surface area contributed by atoms with Gasteiger partial charge in [0.15, 0.2) is 0 Å². The number of halogens is 6. The molecule has 0 saturated carbocycles. The molecule has 1 atom stereocenters. The zero-order chi connectivity index (χ0) is 16.1. The lowest BCUT2D eigenvalue weighted by Gasteiger charge is -2.17. The molecule has 1 unspecified atom stereocenters. The Morgan fingerprint density at radius 1 is 1.10 bits per heavy atom. The third-order valence-electron chi connectivity index (χ3n) is 3.16. The lowest BCUT2D eigenvalue weighted by atomic mass is 9.99. The van der Waals surface area contributed by atoms with Crippen molar-refractivity contribution in [3.8, 4) is 0 Å². The van der Waals surface area contributed by atoms with Crippen LogP contribution in [0.3, 0.4) is 0 Å². The highest BCUT2D eigenvalue weighted by Crippen LogP contribution is 2.30. The molecule has 0 heterocycles. The molecular formula is C14H17F6N. The molecule has 0 aliphatic rings. The molecule has 0 amide bonds. The largest absolute Gasteiger partial charge is 0.416 e. The van der Waals surface area contributed by atoms with Gasteiger partial charge in [0.1, 0.15) is 0 Å². The number of hydrogen-bond acceptors (Lipinski definition) is 1. The van der Waals surface area contributed by atoms with Gasteiger partial charge in [0.25, 0.3) is 0 Å². The Kier molecular flexibility index (Phi) is 6.07. The summed E-state index contributed by atoms with van der Waals surface area (Å²) in [6.45, 7) is 0. The van der Waals surface area contributed by atoms with Crippen molar-refractivity contribution in [2.24, 2.45) is 0 Å². The van der Waals surface area contributed by atoms with Gasteiger partial charge in [0.05, 0.1) is 5.56 Å². The van der Waals surface area contributed by atoms with Crippen molar-refractivity contribution < 1.29 is 26.3 Å². The molecule has 0 bridgehead atoms. The number of benzene rings is 1. The lowest BCUT2D eigenvalue weighted by molar-refractivity contribution is -0.138. The van der Waals surface area contributed by atoms with Crippen molar-refractivity contribution in [3.05, 3.63) is 35.4 Å². The minimum absolute atomic E-state index is 0.0477. The number of likely N-dealkylation sites (N-methyl/N-ethyl adjacent to an activating group) is 1. The molecule has 1 N–H and O–H groups in total. The summed E-state index contributed by atoms with van der Waals surface area (Å²) in [5.41, 5.74) is -0.290. The van der Waals surface area contributed by atoms with E-state index in [0.717, 1.165) is 12.1 Å². The van der Waals surface area contributed by atoms with Gasteiger partial charge in [-0.1, -0.05) is 18.2 Å². The maximum Gasteiger partial charge on any atom is 0.416 e. The smallest absolute Gasteiger partial charge is 0.317 e. The minimum Gasteiger partial charge on any atom is -0.317 e. The Morgan fingerprint density at radius 2 is 1.76 bits per heavy atom. The van der Waals surface area contributed by atoms with E-state index in [0.29, 0.717) is 5.56 Å². The molecule has 1 rings (SSSR count). The van der Waals surface area contributed by atoms with Crippen molar-refractivity contribution in [1.29, 1.82) is 0 Å². The van der Waals surface area contributed by atoms with Crippen molar-refractivity contribution in [3.63, 3.8) is 0 Å². The summed E-state index contributed by atoms with van der Waals surface area (Å²) in [5.74, 6) is 0. The van der Waals surface area contributed by atoms with Gasteiger partial charge in [0.2, 0.25) is 0 Å². The van der Waals surface area contributed by atoms with Crippen molar-refractivity contribution >= 4 is 0 Å². The SMILES string of the molecule is CNC(CCCC(F)(F)F)Cc1cccc(C(F)(F)F)c1. The van der Waals surface area contributed by atoms with E-state index in [1.165, 1.54) is 6.07 Å². The molecular weight excluding hydrogens is 296 g/mol. The third-order valence-corrected chi connectivity index (χ3v) is 3.16. The van der Waals surface area contributed by atoms with Crippen LogP contribution in [0.25, 0.3) is 0 Å². The Morgan fingerprint density at radius 3 is 2.29 bits per heavy atom. The lowest BCUT2D eigenvalue weighted by Crippen LogP contribution is -2.28. The summed E-state index contributed by atoms with van der Waals surface area (Å²) in [5, 5.41) is 2.85. The van der Waals surface area contributed by atoms with Gasteiger partial charge in [0, 0.05) is 12.5 Å². The Balaban J connectivity index is 2.61.